The molecule has 1 unspecified atom stereocenters. The number of hydrogen-bond donors (Lipinski definition) is 2. The molecule has 0 amide bonds. The van der Waals surface area contributed by atoms with E-state index in [2.05, 4.69) is 4.98 Å². The van der Waals surface area contributed by atoms with Crippen LogP contribution in [0.15, 0.2) is 36.4 Å². The van der Waals surface area contributed by atoms with Gasteiger partial charge in [-0.3, -0.25) is 4.57 Å². The molecule has 1 heterocycles. The quantitative estimate of drug-likeness (QED) is 0.637. The van der Waals surface area contributed by atoms with E-state index in [0.29, 0.717) is 21.2 Å². The van der Waals surface area contributed by atoms with Gasteiger partial charge in [-0.05, 0) is 49.2 Å². The zero-order valence-corrected chi connectivity index (χ0v) is 16.3. The van der Waals surface area contributed by atoms with Gasteiger partial charge in [-0.15, -0.1) is 0 Å². The predicted octanol–water partition coefficient (Wildman–Crippen LogP) is 4.27. The lowest BCUT2D eigenvalue weighted by Gasteiger charge is -2.19. The maximum absolute atomic E-state index is 14.0. The van der Waals surface area contributed by atoms with Crippen LogP contribution in [0.4, 0.5) is 0 Å². The number of fused-ring (bicyclic) bond motifs is 1. The second-order valence-corrected chi connectivity index (χ2v) is 8.98. The molecule has 0 bridgehead atoms. The highest BCUT2D eigenvalue weighted by atomic mass is 35.5. The zero-order chi connectivity index (χ0) is 19.1. The second kappa shape index (κ2) is 6.92. The first-order chi connectivity index (χ1) is 12.3. The molecule has 136 valence electrons. The Morgan fingerprint density at radius 3 is 2.62 bits per heavy atom. The van der Waals surface area contributed by atoms with E-state index in [0.717, 1.165) is 17.5 Å². The van der Waals surface area contributed by atoms with Crippen LogP contribution < -0.4 is 10.6 Å². The molecule has 0 saturated heterocycles. The third kappa shape index (κ3) is 3.07. The first-order valence-corrected chi connectivity index (χ1v) is 10.1. The van der Waals surface area contributed by atoms with Crippen molar-refractivity contribution in [3.8, 4) is 0 Å². The second-order valence-electron chi connectivity index (χ2n) is 6.11. The standard InChI is InChI=1S/C19H19ClNO4P/c1-4-12-7-11(2)8-14(9-12)26(24,25-3)18-15-10-13(20)5-6-16(15)21-17(18)19(22)23/h5-10,21H,4H2,1-3H3,(H,22,23). The Bertz CT molecular complexity index is 1060. The van der Waals surface area contributed by atoms with Crippen molar-refractivity contribution in [1.29, 1.82) is 0 Å². The summed E-state index contributed by atoms with van der Waals surface area (Å²) in [5.74, 6) is -1.20. The van der Waals surface area contributed by atoms with E-state index in [9.17, 15) is 14.5 Å². The van der Waals surface area contributed by atoms with E-state index in [1.54, 1.807) is 24.3 Å². The molecule has 1 atom stereocenters. The van der Waals surface area contributed by atoms with Crippen LogP contribution in [0.5, 0.6) is 0 Å². The van der Waals surface area contributed by atoms with Crippen LogP contribution in [-0.4, -0.2) is 23.2 Å². The summed E-state index contributed by atoms with van der Waals surface area (Å²) in [5.41, 5.74) is 2.34. The van der Waals surface area contributed by atoms with Crippen molar-refractivity contribution < 1.29 is 19.0 Å². The third-order valence-electron chi connectivity index (χ3n) is 4.37. The summed E-state index contributed by atoms with van der Waals surface area (Å²) < 4.78 is 19.5. The van der Waals surface area contributed by atoms with Gasteiger partial charge < -0.3 is 14.6 Å². The van der Waals surface area contributed by atoms with Crippen LogP contribution in [0, 0.1) is 6.92 Å². The van der Waals surface area contributed by atoms with E-state index < -0.39 is 13.3 Å². The number of carboxylic acid groups (broad SMARTS) is 1. The van der Waals surface area contributed by atoms with Crippen molar-refractivity contribution in [3.05, 3.63) is 58.2 Å². The van der Waals surface area contributed by atoms with E-state index in [1.807, 2.05) is 26.0 Å². The van der Waals surface area contributed by atoms with Crippen LogP contribution >= 0.6 is 19.0 Å². The molecule has 0 aliphatic rings. The number of carboxylic acids is 1. The monoisotopic (exact) mass is 391 g/mol. The highest BCUT2D eigenvalue weighted by Crippen LogP contribution is 2.47. The van der Waals surface area contributed by atoms with Gasteiger partial charge in [0.1, 0.15) is 5.69 Å². The van der Waals surface area contributed by atoms with Crippen molar-refractivity contribution >= 4 is 46.5 Å². The molecule has 0 aliphatic carbocycles. The normalized spacial score (nSPS) is 13.7. The summed E-state index contributed by atoms with van der Waals surface area (Å²) >= 11 is 6.10. The number of halogens is 1. The number of hydrogen-bond acceptors (Lipinski definition) is 3. The van der Waals surface area contributed by atoms with Gasteiger partial charge >= 0.3 is 5.97 Å². The van der Waals surface area contributed by atoms with Crippen LogP contribution in [0.25, 0.3) is 10.9 Å². The molecule has 7 heteroatoms. The van der Waals surface area contributed by atoms with Crippen molar-refractivity contribution in [1.82, 2.24) is 4.98 Å². The van der Waals surface area contributed by atoms with Gasteiger partial charge in [-0.1, -0.05) is 30.2 Å². The molecule has 0 fully saturated rings. The van der Waals surface area contributed by atoms with E-state index in [-0.39, 0.29) is 11.0 Å². The van der Waals surface area contributed by atoms with Gasteiger partial charge in [0, 0.05) is 28.3 Å². The smallest absolute Gasteiger partial charge is 0.353 e. The average Bonchev–Trinajstić information content (AvgIpc) is 2.99. The molecule has 0 spiro atoms. The average molecular weight is 392 g/mol. The number of H-pyrrole nitrogens is 1. The zero-order valence-electron chi connectivity index (χ0n) is 14.7. The van der Waals surface area contributed by atoms with Crippen LogP contribution in [0.2, 0.25) is 5.02 Å². The van der Waals surface area contributed by atoms with Gasteiger partial charge in [-0.25, -0.2) is 4.79 Å². The minimum atomic E-state index is -3.65. The van der Waals surface area contributed by atoms with Crippen LogP contribution in [-0.2, 0) is 15.5 Å². The summed E-state index contributed by atoms with van der Waals surface area (Å²) in [7, 11) is -2.31. The molecule has 0 aliphatic heterocycles. The fourth-order valence-electron chi connectivity index (χ4n) is 3.15. The highest BCUT2D eigenvalue weighted by molar-refractivity contribution is 7.75. The first kappa shape index (κ1) is 18.7. The molecule has 0 radical (unpaired) electrons. The number of aromatic nitrogens is 1. The van der Waals surface area contributed by atoms with Gasteiger partial charge in [-0.2, -0.15) is 0 Å². The number of benzene rings is 2. The first-order valence-electron chi connectivity index (χ1n) is 8.12. The predicted molar refractivity (Wildman–Crippen MR) is 105 cm³/mol. The van der Waals surface area contributed by atoms with Crippen molar-refractivity contribution in [2.75, 3.05) is 7.11 Å². The third-order valence-corrected chi connectivity index (χ3v) is 7.11. The topological polar surface area (TPSA) is 79.4 Å². The minimum Gasteiger partial charge on any atom is -0.477 e. The Balaban J connectivity index is 2.40. The minimum absolute atomic E-state index is 0.137. The summed E-state index contributed by atoms with van der Waals surface area (Å²) in [4.78, 5) is 14.7. The molecule has 5 nitrogen and oxygen atoms in total. The fourth-order valence-corrected chi connectivity index (χ4v) is 5.63. The fraction of sp³-hybridized carbons (Fsp3) is 0.211. The SMILES string of the molecule is CCc1cc(C)cc(P(=O)(OC)c2c(C(=O)O)[nH]c3ccc(Cl)cc23)c1. The Labute approximate surface area is 156 Å². The molecule has 0 saturated carbocycles. The number of nitrogens with one attached hydrogen (secondary N) is 1. The Hall–Kier alpha value is -2.07. The summed E-state index contributed by atoms with van der Waals surface area (Å²) in [6.07, 6.45) is 0.768. The summed E-state index contributed by atoms with van der Waals surface area (Å²) in [6.45, 7) is 3.91. The Kier molecular flexibility index (Phi) is 4.98. The molecule has 1 aromatic heterocycles. The maximum atomic E-state index is 14.0. The molecule has 2 aromatic carbocycles. The van der Waals surface area contributed by atoms with Crippen molar-refractivity contribution in [2.45, 2.75) is 20.3 Å². The lowest BCUT2D eigenvalue weighted by atomic mass is 10.1. The van der Waals surface area contributed by atoms with E-state index in [4.69, 9.17) is 16.1 Å². The lowest BCUT2D eigenvalue weighted by Crippen LogP contribution is -2.23. The van der Waals surface area contributed by atoms with Crippen molar-refractivity contribution in [3.63, 3.8) is 0 Å². The molecule has 26 heavy (non-hydrogen) atoms. The molecule has 3 rings (SSSR count). The maximum Gasteiger partial charge on any atom is 0.353 e. The number of aromatic carboxylic acids is 1. The largest absolute Gasteiger partial charge is 0.477 e. The molecule has 3 aromatic rings. The Morgan fingerprint density at radius 1 is 1.27 bits per heavy atom. The van der Waals surface area contributed by atoms with Crippen LogP contribution in [0.1, 0.15) is 28.5 Å². The van der Waals surface area contributed by atoms with Crippen LogP contribution in [0.3, 0.4) is 0 Å². The van der Waals surface area contributed by atoms with Gasteiger partial charge in [0.05, 0.1) is 5.30 Å². The van der Waals surface area contributed by atoms with E-state index in [1.165, 1.54) is 7.11 Å². The Morgan fingerprint density at radius 2 is 2.00 bits per heavy atom. The molecular formula is C19H19ClNO4P. The van der Waals surface area contributed by atoms with Gasteiger partial charge in [0.15, 0.2) is 0 Å². The molecule has 2 N–H and O–H groups in total. The summed E-state index contributed by atoms with van der Waals surface area (Å²) in [5, 5.41) is 11.2. The number of aromatic amines is 1. The van der Waals surface area contributed by atoms with Crippen molar-refractivity contribution in [2.24, 2.45) is 0 Å². The lowest BCUT2D eigenvalue weighted by molar-refractivity contribution is 0.0692. The number of aryl methyl sites for hydroxylation is 2. The molecular weight excluding hydrogens is 373 g/mol. The van der Waals surface area contributed by atoms with E-state index >= 15 is 0 Å². The number of carbonyl (C=O) groups is 1. The highest BCUT2D eigenvalue weighted by Gasteiger charge is 2.36. The van der Waals surface area contributed by atoms with Gasteiger partial charge in [0.25, 0.3) is 7.37 Å². The van der Waals surface area contributed by atoms with Gasteiger partial charge in [0.2, 0.25) is 0 Å². The number of rotatable bonds is 5. The summed E-state index contributed by atoms with van der Waals surface area (Å²) in [6, 6.07) is 10.5.